The highest BCUT2D eigenvalue weighted by atomic mass is 16.5. The normalized spacial score (nSPS) is 17.4. The topological polar surface area (TPSA) is 99.4 Å². The maximum atomic E-state index is 9.37. The molecule has 0 aromatic rings. The highest BCUT2D eigenvalue weighted by molar-refractivity contribution is 4.72. The molecule has 0 saturated heterocycles. The van der Waals surface area contributed by atoms with Gasteiger partial charge in [0.2, 0.25) is 0 Å². The predicted octanol–water partition coefficient (Wildman–Crippen LogP) is -1.89. The highest BCUT2D eigenvalue weighted by Crippen LogP contribution is 2.03. The fraction of sp³-hybridized carbons (Fsp3) is 1.00. The lowest BCUT2D eigenvalue weighted by Gasteiger charge is -2.23. The molecule has 0 aliphatic rings. The zero-order valence-electron chi connectivity index (χ0n) is 8.87. The summed E-state index contributed by atoms with van der Waals surface area (Å²) in [5.41, 5.74) is 0. The van der Waals surface area contributed by atoms with E-state index in [1.807, 2.05) is 0 Å². The van der Waals surface area contributed by atoms with E-state index >= 15 is 0 Å². The Bertz CT molecular complexity index is 141. The van der Waals surface area contributed by atoms with Gasteiger partial charge in [-0.1, -0.05) is 0 Å². The smallest absolute Gasteiger partial charge is 0.109 e. The number of rotatable bonds is 9. The SMILES string of the molecule is CC(O)C(O)C(CO)OCCOCCO. The van der Waals surface area contributed by atoms with Gasteiger partial charge < -0.3 is 29.9 Å². The number of hydrogen-bond acceptors (Lipinski definition) is 6. The Hall–Kier alpha value is -0.240. The van der Waals surface area contributed by atoms with Crippen molar-refractivity contribution in [1.82, 2.24) is 0 Å². The van der Waals surface area contributed by atoms with Gasteiger partial charge in [0.15, 0.2) is 0 Å². The van der Waals surface area contributed by atoms with Gasteiger partial charge in [0, 0.05) is 0 Å². The average molecular weight is 224 g/mol. The van der Waals surface area contributed by atoms with Crippen LogP contribution in [-0.2, 0) is 9.47 Å². The third-order valence-corrected chi connectivity index (χ3v) is 1.85. The summed E-state index contributed by atoms with van der Waals surface area (Å²) >= 11 is 0. The third kappa shape index (κ3) is 6.77. The van der Waals surface area contributed by atoms with E-state index in [0.29, 0.717) is 0 Å². The minimum absolute atomic E-state index is 0.0558. The van der Waals surface area contributed by atoms with Crippen LogP contribution in [0.1, 0.15) is 6.92 Å². The van der Waals surface area contributed by atoms with Crippen LogP contribution in [0.5, 0.6) is 0 Å². The highest BCUT2D eigenvalue weighted by Gasteiger charge is 2.23. The third-order valence-electron chi connectivity index (χ3n) is 1.85. The van der Waals surface area contributed by atoms with Crippen molar-refractivity contribution in [3.8, 4) is 0 Å². The molecule has 0 heterocycles. The van der Waals surface area contributed by atoms with Crippen LogP contribution < -0.4 is 0 Å². The molecule has 0 rings (SSSR count). The van der Waals surface area contributed by atoms with Gasteiger partial charge >= 0.3 is 0 Å². The van der Waals surface area contributed by atoms with Crippen molar-refractivity contribution in [3.05, 3.63) is 0 Å². The van der Waals surface area contributed by atoms with E-state index in [4.69, 9.17) is 24.8 Å². The monoisotopic (exact) mass is 224 g/mol. The van der Waals surface area contributed by atoms with E-state index in [1.165, 1.54) is 6.92 Å². The van der Waals surface area contributed by atoms with Gasteiger partial charge in [-0.2, -0.15) is 0 Å². The minimum Gasteiger partial charge on any atom is -0.394 e. The lowest BCUT2D eigenvalue weighted by atomic mass is 10.1. The Labute approximate surface area is 89.1 Å². The van der Waals surface area contributed by atoms with Crippen LogP contribution in [0.4, 0.5) is 0 Å². The fourth-order valence-corrected chi connectivity index (χ4v) is 0.995. The molecule has 0 fully saturated rings. The lowest BCUT2D eigenvalue weighted by molar-refractivity contribution is -0.111. The maximum absolute atomic E-state index is 9.37. The molecule has 0 aliphatic carbocycles. The molecule has 0 bridgehead atoms. The molecule has 0 aromatic carbocycles. The molecule has 0 spiro atoms. The first-order valence-electron chi connectivity index (χ1n) is 4.90. The van der Waals surface area contributed by atoms with Crippen molar-refractivity contribution < 1.29 is 29.9 Å². The largest absolute Gasteiger partial charge is 0.394 e. The summed E-state index contributed by atoms with van der Waals surface area (Å²) in [6.45, 7) is 1.68. The molecular formula is C9H20O6. The Kier molecular flexibility index (Phi) is 8.88. The summed E-state index contributed by atoms with van der Waals surface area (Å²) in [6, 6.07) is 0. The van der Waals surface area contributed by atoms with Crippen LogP contribution >= 0.6 is 0 Å². The first-order chi connectivity index (χ1) is 7.13. The standard InChI is InChI=1S/C9H20O6/c1-7(12)9(13)8(6-11)15-5-4-14-3-2-10/h7-13H,2-6H2,1H3. The summed E-state index contributed by atoms with van der Waals surface area (Å²) < 4.78 is 10.0. The van der Waals surface area contributed by atoms with E-state index in [9.17, 15) is 5.11 Å². The summed E-state index contributed by atoms with van der Waals surface area (Å²) in [6.07, 6.45) is -2.89. The molecule has 6 heteroatoms. The van der Waals surface area contributed by atoms with Crippen LogP contribution in [0.25, 0.3) is 0 Å². The average Bonchev–Trinajstić information content (AvgIpc) is 2.22. The number of aliphatic hydroxyl groups excluding tert-OH is 4. The molecule has 0 amide bonds. The van der Waals surface area contributed by atoms with E-state index in [1.54, 1.807) is 0 Å². The molecule has 0 radical (unpaired) electrons. The van der Waals surface area contributed by atoms with Gasteiger partial charge in [0.1, 0.15) is 12.2 Å². The maximum Gasteiger partial charge on any atom is 0.109 e. The van der Waals surface area contributed by atoms with Gasteiger partial charge in [-0.05, 0) is 6.92 Å². The van der Waals surface area contributed by atoms with Gasteiger partial charge in [-0.25, -0.2) is 0 Å². The molecule has 3 unspecified atom stereocenters. The summed E-state index contributed by atoms with van der Waals surface area (Å²) in [5.74, 6) is 0. The second-order valence-corrected chi connectivity index (χ2v) is 3.16. The van der Waals surface area contributed by atoms with Crippen molar-refractivity contribution in [3.63, 3.8) is 0 Å². The fourth-order valence-electron chi connectivity index (χ4n) is 0.995. The van der Waals surface area contributed by atoms with E-state index in [0.717, 1.165) is 0 Å². The van der Waals surface area contributed by atoms with E-state index < -0.39 is 18.3 Å². The van der Waals surface area contributed by atoms with Crippen LogP contribution in [0, 0.1) is 0 Å². The zero-order chi connectivity index (χ0) is 11.7. The van der Waals surface area contributed by atoms with Crippen LogP contribution in [0.15, 0.2) is 0 Å². The van der Waals surface area contributed by atoms with Crippen molar-refractivity contribution in [2.45, 2.75) is 25.2 Å². The van der Waals surface area contributed by atoms with Crippen molar-refractivity contribution in [1.29, 1.82) is 0 Å². The molecule has 0 aliphatic heterocycles. The predicted molar refractivity (Wildman–Crippen MR) is 52.4 cm³/mol. The second-order valence-electron chi connectivity index (χ2n) is 3.16. The summed E-state index contributed by atoms with van der Waals surface area (Å²) in [4.78, 5) is 0. The van der Waals surface area contributed by atoms with Crippen molar-refractivity contribution >= 4 is 0 Å². The van der Waals surface area contributed by atoms with E-state index in [-0.39, 0.29) is 33.0 Å². The number of ether oxygens (including phenoxy) is 2. The summed E-state index contributed by atoms with van der Waals surface area (Å²) in [7, 11) is 0. The van der Waals surface area contributed by atoms with Gasteiger partial charge in [-0.3, -0.25) is 0 Å². The minimum atomic E-state index is -1.12. The Morgan fingerprint density at radius 2 is 1.73 bits per heavy atom. The van der Waals surface area contributed by atoms with Gasteiger partial charge in [0.05, 0.1) is 39.1 Å². The molecule has 0 saturated carbocycles. The second kappa shape index (κ2) is 9.02. The molecule has 15 heavy (non-hydrogen) atoms. The zero-order valence-corrected chi connectivity index (χ0v) is 8.87. The Morgan fingerprint density at radius 3 is 2.20 bits per heavy atom. The summed E-state index contributed by atoms with van der Waals surface area (Å²) in [5, 5.41) is 35.7. The Morgan fingerprint density at radius 1 is 1.07 bits per heavy atom. The van der Waals surface area contributed by atoms with Gasteiger partial charge in [0.25, 0.3) is 0 Å². The molecule has 4 N–H and O–H groups in total. The van der Waals surface area contributed by atoms with Crippen molar-refractivity contribution in [2.75, 3.05) is 33.0 Å². The number of hydrogen-bond donors (Lipinski definition) is 4. The molecular weight excluding hydrogens is 204 g/mol. The molecule has 92 valence electrons. The van der Waals surface area contributed by atoms with Crippen LogP contribution in [0.2, 0.25) is 0 Å². The first-order valence-corrected chi connectivity index (χ1v) is 4.90. The van der Waals surface area contributed by atoms with Gasteiger partial charge in [-0.15, -0.1) is 0 Å². The first kappa shape index (κ1) is 14.8. The molecule has 6 nitrogen and oxygen atoms in total. The Balaban J connectivity index is 3.61. The molecule has 0 aromatic heterocycles. The van der Waals surface area contributed by atoms with E-state index in [2.05, 4.69) is 0 Å². The number of aliphatic hydroxyl groups is 4. The quantitative estimate of drug-likeness (QED) is 0.342. The van der Waals surface area contributed by atoms with Crippen molar-refractivity contribution in [2.24, 2.45) is 0 Å². The van der Waals surface area contributed by atoms with Crippen LogP contribution in [-0.4, -0.2) is 71.8 Å². The van der Waals surface area contributed by atoms with Crippen LogP contribution in [0.3, 0.4) is 0 Å². The lowest BCUT2D eigenvalue weighted by Crippen LogP contribution is -2.40. The molecule has 3 atom stereocenters.